The highest BCUT2D eigenvalue weighted by atomic mass is 79.9. The molecule has 0 amide bonds. The normalized spacial score (nSPS) is 12.6. The lowest BCUT2D eigenvalue weighted by Gasteiger charge is -2.14. The van der Waals surface area contributed by atoms with Crippen molar-refractivity contribution in [3.8, 4) is 0 Å². The van der Waals surface area contributed by atoms with E-state index in [0.717, 1.165) is 27.1 Å². The number of benzene rings is 1. The number of hydrogen-bond acceptors (Lipinski definition) is 3. The number of aryl methyl sites for hydroxylation is 1. The van der Waals surface area contributed by atoms with Gasteiger partial charge < -0.3 is 9.88 Å². The van der Waals surface area contributed by atoms with Crippen LogP contribution in [0.15, 0.2) is 47.2 Å². The van der Waals surface area contributed by atoms with Gasteiger partial charge in [-0.1, -0.05) is 12.1 Å². The number of imidazole rings is 1. The Hall–Kier alpha value is -1.88. The highest BCUT2D eigenvalue weighted by molar-refractivity contribution is 9.10. The summed E-state index contributed by atoms with van der Waals surface area (Å²) in [5.41, 5.74) is 3.14. The fraction of sp³-hybridized carbons (Fsp3) is 0.200. The first-order chi connectivity index (χ1) is 9.65. The quantitative estimate of drug-likeness (QED) is 0.740. The highest BCUT2D eigenvalue weighted by Gasteiger charge is 2.14. The maximum absolute atomic E-state index is 4.70. The standard InChI is InChI=1S/C15H15BrN4/c1-10(18-11-7-8-14(16)17-9-11)15-19-12-5-3-4-6-13(12)20(15)2/h3-10,18H,1-2H3. The zero-order valence-corrected chi connectivity index (χ0v) is 12.9. The summed E-state index contributed by atoms with van der Waals surface area (Å²) in [7, 11) is 2.04. The molecule has 5 heteroatoms. The van der Waals surface area contributed by atoms with E-state index in [1.165, 1.54) is 0 Å². The molecule has 0 saturated heterocycles. The topological polar surface area (TPSA) is 42.7 Å². The van der Waals surface area contributed by atoms with Gasteiger partial charge in [-0.25, -0.2) is 9.97 Å². The zero-order chi connectivity index (χ0) is 14.1. The Balaban J connectivity index is 1.90. The fourth-order valence-electron chi connectivity index (χ4n) is 2.33. The molecule has 3 aromatic rings. The van der Waals surface area contributed by atoms with Gasteiger partial charge in [0.05, 0.1) is 29.0 Å². The summed E-state index contributed by atoms with van der Waals surface area (Å²) in [5.74, 6) is 1.01. The Bertz CT molecular complexity index is 733. The van der Waals surface area contributed by atoms with E-state index < -0.39 is 0 Å². The molecule has 0 radical (unpaired) electrons. The average Bonchev–Trinajstić information content (AvgIpc) is 2.79. The van der Waals surface area contributed by atoms with Gasteiger partial charge in [0.1, 0.15) is 10.4 Å². The van der Waals surface area contributed by atoms with Crippen LogP contribution < -0.4 is 5.32 Å². The molecular formula is C15H15BrN4. The molecule has 102 valence electrons. The van der Waals surface area contributed by atoms with E-state index >= 15 is 0 Å². The number of nitrogens with zero attached hydrogens (tertiary/aromatic N) is 3. The largest absolute Gasteiger partial charge is 0.374 e. The molecule has 0 saturated carbocycles. The summed E-state index contributed by atoms with van der Waals surface area (Å²) in [4.78, 5) is 8.91. The summed E-state index contributed by atoms with van der Waals surface area (Å²) < 4.78 is 2.96. The second kappa shape index (κ2) is 5.25. The average molecular weight is 331 g/mol. The van der Waals surface area contributed by atoms with Crippen molar-refractivity contribution in [3.05, 3.63) is 53.0 Å². The molecular weight excluding hydrogens is 316 g/mol. The first-order valence-electron chi connectivity index (χ1n) is 6.44. The Labute approximate surface area is 126 Å². The van der Waals surface area contributed by atoms with Crippen LogP contribution in [0.4, 0.5) is 5.69 Å². The number of para-hydroxylation sites is 2. The van der Waals surface area contributed by atoms with Crippen molar-refractivity contribution in [1.29, 1.82) is 0 Å². The SMILES string of the molecule is CC(Nc1ccc(Br)nc1)c1nc2ccccc2n1C. The second-order valence-corrected chi connectivity index (χ2v) is 5.57. The van der Waals surface area contributed by atoms with E-state index in [1.807, 2.05) is 43.6 Å². The minimum absolute atomic E-state index is 0.107. The molecule has 3 rings (SSSR count). The molecule has 0 spiro atoms. The molecule has 1 N–H and O–H groups in total. The van der Waals surface area contributed by atoms with Gasteiger partial charge in [-0.2, -0.15) is 0 Å². The molecule has 0 bridgehead atoms. The summed E-state index contributed by atoms with van der Waals surface area (Å²) >= 11 is 3.34. The van der Waals surface area contributed by atoms with Crippen molar-refractivity contribution in [1.82, 2.24) is 14.5 Å². The highest BCUT2D eigenvalue weighted by Crippen LogP contribution is 2.22. The van der Waals surface area contributed by atoms with Crippen molar-refractivity contribution in [2.45, 2.75) is 13.0 Å². The molecule has 20 heavy (non-hydrogen) atoms. The molecule has 2 heterocycles. The Kier molecular flexibility index (Phi) is 3.44. The Morgan fingerprint density at radius 2 is 2.00 bits per heavy atom. The van der Waals surface area contributed by atoms with Crippen molar-refractivity contribution in [3.63, 3.8) is 0 Å². The van der Waals surface area contributed by atoms with Crippen molar-refractivity contribution < 1.29 is 0 Å². The van der Waals surface area contributed by atoms with Gasteiger partial charge in [0.25, 0.3) is 0 Å². The van der Waals surface area contributed by atoms with E-state index in [2.05, 4.69) is 43.8 Å². The predicted octanol–water partition coefficient (Wildman–Crippen LogP) is 3.90. The van der Waals surface area contributed by atoms with Crippen LogP contribution in [-0.2, 0) is 7.05 Å². The molecule has 4 nitrogen and oxygen atoms in total. The lowest BCUT2D eigenvalue weighted by atomic mass is 10.3. The number of halogens is 1. The Morgan fingerprint density at radius 3 is 2.70 bits per heavy atom. The van der Waals surface area contributed by atoms with Crippen LogP contribution in [0.1, 0.15) is 18.8 Å². The van der Waals surface area contributed by atoms with Gasteiger partial charge in [0.15, 0.2) is 0 Å². The van der Waals surface area contributed by atoms with E-state index in [0.29, 0.717) is 0 Å². The summed E-state index contributed by atoms with van der Waals surface area (Å²) in [5, 5.41) is 3.42. The van der Waals surface area contributed by atoms with Crippen LogP contribution in [0.2, 0.25) is 0 Å². The summed E-state index contributed by atoms with van der Waals surface area (Å²) in [6, 6.07) is 12.2. The third-order valence-corrected chi connectivity index (χ3v) is 3.79. The molecule has 0 aliphatic carbocycles. The maximum Gasteiger partial charge on any atom is 0.131 e. The van der Waals surface area contributed by atoms with E-state index in [-0.39, 0.29) is 6.04 Å². The fourth-order valence-corrected chi connectivity index (χ4v) is 2.56. The molecule has 0 aliphatic rings. The Morgan fingerprint density at radius 1 is 1.20 bits per heavy atom. The second-order valence-electron chi connectivity index (χ2n) is 4.75. The lowest BCUT2D eigenvalue weighted by molar-refractivity contribution is 0.733. The molecule has 0 aliphatic heterocycles. The van der Waals surface area contributed by atoms with Crippen LogP contribution in [0.25, 0.3) is 11.0 Å². The van der Waals surface area contributed by atoms with E-state index in [4.69, 9.17) is 4.98 Å². The molecule has 1 unspecified atom stereocenters. The minimum atomic E-state index is 0.107. The van der Waals surface area contributed by atoms with Crippen molar-refractivity contribution >= 4 is 32.7 Å². The van der Waals surface area contributed by atoms with E-state index in [9.17, 15) is 0 Å². The summed E-state index contributed by atoms with van der Waals surface area (Å²) in [6.45, 7) is 2.10. The predicted molar refractivity (Wildman–Crippen MR) is 84.7 cm³/mol. The van der Waals surface area contributed by atoms with Gasteiger partial charge in [0.2, 0.25) is 0 Å². The van der Waals surface area contributed by atoms with Crippen LogP contribution in [0, 0.1) is 0 Å². The molecule has 2 aromatic heterocycles. The van der Waals surface area contributed by atoms with Crippen molar-refractivity contribution in [2.75, 3.05) is 5.32 Å². The summed E-state index contributed by atoms with van der Waals surface area (Å²) in [6.07, 6.45) is 1.81. The number of anilines is 1. The van der Waals surface area contributed by atoms with Crippen molar-refractivity contribution in [2.24, 2.45) is 7.05 Å². The van der Waals surface area contributed by atoms with Gasteiger partial charge in [-0.3, -0.25) is 0 Å². The minimum Gasteiger partial charge on any atom is -0.374 e. The van der Waals surface area contributed by atoms with E-state index in [1.54, 1.807) is 0 Å². The first kappa shape index (κ1) is 13.1. The van der Waals surface area contributed by atoms with Crippen LogP contribution in [0.5, 0.6) is 0 Å². The monoisotopic (exact) mass is 330 g/mol. The maximum atomic E-state index is 4.70. The van der Waals surface area contributed by atoms with Gasteiger partial charge >= 0.3 is 0 Å². The number of pyridine rings is 1. The lowest BCUT2D eigenvalue weighted by Crippen LogP contribution is -2.12. The number of aromatic nitrogens is 3. The van der Waals surface area contributed by atoms with Gasteiger partial charge in [-0.15, -0.1) is 0 Å². The van der Waals surface area contributed by atoms with Gasteiger partial charge in [-0.05, 0) is 47.1 Å². The first-order valence-corrected chi connectivity index (χ1v) is 7.24. The van der Waals surface area contributed by atoms with Gasteiger partial charge in [0, 0.05) is 7.05 Å². The number of nitrogens with one attached hydrogen (secondary N) is 1. The number of fused-ring (bicyclic) bond motifs is 1. The molecule has 1 atom stereocenters. The number of rotatable bonds is 3. The number of hydrogen-bond donors (Lipinski definition) is 1. The smallest absolute Gasteiger partial charge is 0.131 e. The van der Waals surface area contributed by atoms with Crippen LogP contribution >= 0.6 is 15.9 Å². The van der Waals surface area contributed by atoms with Crippen LogP contribution in [-0.4, -0.2) is 14.5 Å². The molecule has 1 aromatic carbocycles. The third kappa shape index (κ3) is 2.41. The zero-order valence-electron chi connectivity index (χ0n) is 11.3. The molecule has 0 fully saturated rings. The third-order valence-electron chi connectivity index (χ3n) is 3.32. The van der Waals surface area contributed by atoms with Crippen LogP contribution in [0.3, 0.4) is 0 Å².